The maximum atomic E-state index is 2.46. The molecule has 1 aliphatic carbocycles. The lowest BCUT2D eigenvalue weighted by Gasteiger charge is -2.04. The van der Waals surface area contributed by atoms with E-state index in [0.29, 0.717) is 0 Å². The first-order valence-corrected chi connectivity index (χ1v) is 5.12. The summed E-state index contributed by atoms with van der Waals surface area (Å²) in [5, 5.41) is 0. The Morgan fingerprint density at radius 3 is 2.73 bits per heavy atom. The predicted molar refractivity (Wildman–Crippen MR) is 55.9 cm³/mol. The van der Waals surface area contributed by atoms with Crippen LogP contribution in [0.5, 0.6) is 0 Å². The molecule has 0 unspecified atom stereocenters. The summed E-state index contributed by atoms with van der Waals surface area (Å²) in [6.45, 7) is 2.19. The van der Waals surface area contributed by atoms with Crippen LogP contribution in [0, 0.1) is 10.5 Å². The third-order valence-electron chi connectivity index (χ3n) is 2.24. The van der Waals surface area contributed by atoms with Crippen molar-refractivity contribution >= 4 is 22.6 Å². The van der Waals surface area contributed by atoms with E-state index in [1.54, 1.807) is 5.56 Å². The Kier molecular flexibility index (Phi) is 1.91. The van der Waals surface area contributed by atoms with Crippen LogP contribution in [0.2, 0.25) is 0 Å². The lowest BCUT2D eigenvalue weighted by Crippen LogP contribution is -1.87. The zero-order valence-electron chi connectivity index (χ0n) is 6.60. The highest BCUT2D eigenvalue weighted by Crippen LogP contribution is 2.42. The fourth-order valence-corrected chi connectivity index (χ4v) is 2.18. The van der Waals surface area contributed by atoms with Gasteiger partial charge in [0, 0.05) is 3.57 Å². The monoisotopic (exact) mass is 258 g/mol. The van der Waals surface area contributed by atoms with Crippen LogP contribution in [0.1, 0.15) is 29.9 Å². The van der Waals surface area contributed by atoms with E-state index in [2.05, 4.69) is 47.7 Å². The van der Waals surface area contributed by atoms with Crippen LogP contribution >= 0.6 is 22.6 Å². The van der Waals surface area contributed by atoms with Crippen molar-refractivity contribution in [3.63, 3.8) is 0 Å². The van der Waals surface area contributed by atoms with Crippen molar-refractivity contribution in [2.24, 2.45) is 0 Å². The van der Waals surface area contributed by atoms with Gasteiger partial charge in [-0.05, 0) is 59.4 Å². The van der Waals surface area contributed by atoms with E-state index in [-0.39, 0.29) is 0 Å². The van der Waals surface area contributed by atoms with Gasteiger partial charge in [-0.2, -0.15) is 0 Å². The summed E-state index contributed by atoms with van der Waals surface area (Å²) in [7, 11) is 0. The molecule has 1 fully saturated rings. The van der Waals surface area contributed by atoms with Gasteiger partial charge < -0.3 is 0 Å². The smallest absolute Gasteiger partial charge is 0.0194 e. The summed E-state index contributed by atoms with van der Waals surface area (Å²) in [5.41, 5.74) is 3.00. The molecule has 0 nitrogen and oxygen atoms in total. The van der Waals surface area contributed by atoms with Crippen molar-refractivity contribution in [1.29, 1.82) is 0 Å². The topological polar surface area (TPSA) is 0 Å². The van der Waals surface area contributed by atoms with E-state index in [4.69, 9.17) is 0 Å². The van der Waals surface area contributed by atoms with Crippen molar-refractivity contribution in [2.75, 3.05) is 0 Å². The van der Waals surface area contributed by atoms with Gasteiger partial charge in [0.1, 0.15) is 0 Å². The Morgan fingerprint density at radius 2 is 2.09 bits per heavy atom. The third-order valence-corrected chi connectivity index (χ3v) is 3.71. The summed E-state index contributed by atoms with van der Waals surface area (Å²) in [4.78, 5) is 0. The molecule has 0 bridgehead atoms. The minimum Gasteiger partial charge on any atom is -0.0616 e. The number of benzene rings is 1. The zero-order chi connectivity index (χ0) is 7.84. The van der Waals surface area contributed by atoms with E-state index >= 15 is 0 Å². The molecule has 0 aromatic heterocycles. The van der Waals surface area contributed by atoms with Crippen molar-refractivity contribution in [3.05, 3.63) is 32.9 Å². The van der Waals surface area contributed by atoms with E-state index < -0.39 is 0 Å². The lowest BCUT2D eigenvalue weighted by molar-refractivity contribution is 1.10. The third kappa shape index (κ3) is 1.43. The SMILES string of the molecule is Cc1cccc(C2CC2)c1I. The molecular weight excluding hydrogens is 247 g/mol. The van der Waals surface area contributed by atoms with Gasteiger partial charge in [0.25, 0.3) is 0 Å². The van der Waals surface area contributed by atoms with Gasteiger partial charge in [-0.25, -0.2) is 0 Å². The molecule has 58 valence electrons. The molecule has 1 saturated carbocycles. The van der Waals surface area contributed by atoms with Gasteiger partial charge in [0.2, 0.25) is 0 Å². The van der Waals surface area contributed by atoms with Crippen LogP contribution in [0.4, 0.5) is 0 Å². The van der Waals surface area contributed by atoms with Crippen molar-refractivity contribution < 1.29 is 0 Å². The Balaban J connectivity index is 2.45. The molecule has 0 radical (unpaired) electrons. The molecule has 0 N–H and O–H groups in total. The molecule has 0 saturated heterocycles. The minimum atomic E-state index is 0.891. The van der Waals surface area contributed by atoms with Crippen LogP contribution in [-0.4, -0.2) is 0 Å². The fraction of sp³-hybridized carbons (Fsp3) is 0.400. The zero-order valence-corrected chi connectivity index (χ0v) is 8.76. The predicted octanol–water partition coefficient (Wildman–Crippen LogP) is 3.48. The minimum absolute atomic E-state index is 0.891. The van der Waals surface area contributed by atoms with Crippen LogP contribution in [0.15, 0.2) is 18.2 Å². The molecule has 2 rings (SSSR count). The van der Waals surface area contributed by atoms with Crippen LogP contribution in [-0.2, 0) is 0 Å². The summed E-state index contributed by atoms with van der Waals surface area (Å²) in [5.74, 6) is 0.891. The van der Waals surface area contributed by atoms with E-state index in [9.17, 15) is 0 Å². The number of hydrogen-bond donors (Lipinski definition) is 0. The second kappa shape index (κ2) is 2.77. The van der Waals surface area contributed by atoms with E-state index in [1.165, 1.54) is 22.0 Å². The summed E-state index contributed by atoms with van der Waals surface area (Å²) >= 11 is 2.46. The molecule has 1 aromatic rings. The molecule has 0 amide bonds. The maximum absolute atomic E-state index is 2.46. The highest BCUT2D eigenvalue weighted by Gasteiger charge is 2.25. The first kappa shape index (κ1) is 7.59. The summed E-state index contributed by atoms with van der Waals surface area (Å²) in [6.07, 6.45) is 2.80. The molecule has 0 heterocycles. The molecular formula is C10H11I. The maximum Gasteiger partial charge on any atom is 0.0194 e. The molecule has 1 heteroatoms. The van der Waals surface area contributed by atoms with Gasteiger partial charge in [-0.1, -0.05) is 18.2 Å². The molecule has 1 aliphatic rings. The molecule has 11 heavy (non-hydrogen) atoms. The van der Waals surface area contributed by atoms with Gasteiger partial charge in [-0.15, -0.1) is 0 Å². The van der Waals surface area contributed by atoms with Gasteiger partial charge >= 0.3 is 0 Å². The lowest BCUT2D eigenvalue weighted by atomic mass is 10.1. The Bertz CT molecular complexity index is 274. The second-order valence-corrected chi connectivity index (χ2v) is 4.33. The van der Waals surface area contributed by atoms with E-state index in [1.807, 2.05) is 0 Å². The number of halogens is 1. The molecule has 0 atom stereocenters. The molecule has 1 aromatic carbocycles. The van der Waals surface area contributed by atoms with Crippen molar-refractivity contribution in [3.8, 4) is 0 Å². The number of rotatable bonds is 1. The summed E-state index contributed by atoms with van der Waals surface area (Å²) in [6, 6.07) is 6.63. The number of aryl methyl sites for hydroxylation is 1. The first-order valence-electron chi connectivity index (χ1n) is 4.04. The Morgan fingerprint density at radius 1 is 1.36 bits per heavy atom. The standard InChI is InChI=1S/C10H11I/c1-7-3-2-4-9(10(7)11)8-5-6-8/h2-4,8H,5-6H2,1H3. The van der Waals surface area contributed by atoms with Crippen molar-refractivity contribution in [1.82, 2.24) is 0 Å². The van der Waals surface area contributed by atoms with E-state index in [0.717, 1.165) is 5.92 Å². The van der Waals surface area contributed by atoms with Crippen LogP contribution in [0.3, 0.4) is 0 Å². The molecule has 0 aliphatic heterocycles. The fourth-order valence-electron chi connectivity index (χ4n) is 1.38. The highest BCUT2D eigenvalue weighted by atomic mass is 127. The Labute approximate surface area is 81.1 Å². The normalized spacial score (nSPS) is 16.9. The number of hydrogen-bond acceptors (Lipinski definition) is 0. The second-order valence-electron chi connectivity index (χ2n) is 3.25. The quantitative estimate of drug-likeness (QED) is 0.676. The average Bonchev–Trinajstić information content (AvgIpc) is 2.77. The van der Waals surface area contributed by atoms with Crippen LogP contribution in [0.25, 0.3) is 0 Å². The Hall–Kier alpha value is -0.0500. The summed E-state index contributed by atoms with van der Waals surface area (Å²) < 4.78 is 1.48. The van der Waals surface area contributed by atoms with Gasteiger partial charge in [-0.3, -0.25) is 0 Å². The van der Waals surface area contributed by atoms with Crippen molar-refractivity contribution in [2.45, 2.75) is 25.7 Å². The first-order chi connectivity index (χ1) is 5.29. The van der Waals surface area contributed by atoms with Gasteiger partial charge in [0.15, 0.2) is 0 Å². The molecule has 0 spiro atoms. The highest BCUT2D eigenvalue weighted by molar-refractivity contribution is 14.1. The average molecular weight is 258 g/mol. The van der Waals surface area contributed by atoms with Crippen LogP contribution < -0.4 is 0 Å². The largest absolute Gasteiger partial charge is 0.0616 e. The van der Waals surface area contributed by atoms with Gasteiger partial charge in [0.05, 0.1) is 0 Å².